The van der Waals surface area contributed by atoms with Gasteiger partial charge in [-0.05, 0) is 55.7 Å². The first-order chi connectivity index (χ1) is 16.1. The molecule has 4 aromatic rings. The number of hydrogen-bond donors (Lipinski definition) is 1. The van der Waals surface area contributed by atoms with Crippen molar-refractivity contribution in [3.63, 3.8) is 0 Å². The van der Waals surface area contributed by atoms with Crippen LogP contribution in [0.25, 0.3) is 11.0 Å². The van der Waals surface area contributed by atoms with Gasteiger partial charge in [0.25, 0.3) is 5.91 Å². The van der Waals surface area contributed by atoms with Crippen molar-refractivity contribution >= 4 is 28.5 Å². The van der Waals surface area contributed by atoms with E-state index in [-0.39, 0.29) is 5.91 Å². The third kappa shape index (κ3) is 5.74. The van der Waals surface area contributed by atoms with Crippen LogP contribution in [0.4, 0.5) is 0 Å². The molecule has 1 aromatic heterocycles. The van der Waals surface area contributed by atoms with Crippen LogP contribution in [-0.4, -0.2) is 28.6 Å². The van der Waals surface area contributed by atoms with E-state index < -0.39 is 0 Å². The number of carbonyl (C=O) groups excluding carboxylic acids is 1. The summed E-state index contributed by atoms with van der Waals surface area (Å²) in [5, 5.41) is 3.65. The fourth-order valence-electron chi connectivity index (χ4n) is 3.90. The normalized spacial score (nSPS) is 11.0. The molecule has 0 saturated carbocycles. The lowest BCUT2D eigenvalue weighted by Gasteiger charge is -2.11. The number of hydrogen-bond acceptors (Lipinski definition) is 3. The fourth-order valence-corrected chi connectivity index (χ4v) is 4.09. The highest BCUT2D eigenvalue weighted by Gasteiger charge is 2.12. The van der Waals surface area contributed by atoms with Crippen LogP contribution in [-0.2, 0) is 13.0 Å². The molecule has 5 nitrogen and oxygen atoms in total. The molecule has 3 aromatic carbocycles. The molecule has 0 unspecified atom stereocenters. The summed E-state index contributed by atoms with van der Waals surface area (Å²) in [4.78, 5) is 17.3. The minimum absolute atomic E-state index is 0.0293. The number of nitrogens with zero attached hydrogens (tertiary/aromatic N) is 2. The first kappa shape index (κ1) is 22.9. The van der Waals surface area contributed by atoms with Gasteiger partial charge in [-0.1, -0.05) is 54.1 Å². The van der Waals surface area contributed by atoms with Gasteiger partial charge in [0.05, 0.1) is 22.7 Å². The first-order valence-corrected chi connectivity index (χ1v) is 11.7. The first-order valence-electron chi connectivity index (χ1n) is 11.3. The standard InChI is InChI=1S/C27H28ClN3O2/c1-20-10-2-3-11-21(20)27(32)29-17-8-16-26-30-23-13-5-6-14-24(23)31(26)18-9-19-33-25-15-7-4-12-22(25)28/h2-7,10-15H,8-9,16-19H2,1H3,(H,29,32). The predicted octanol–water partition coefficient (Wildman–Crippen LogP) is 5.83. The Bertz CT molecular complexity index is 1240. The van der Waals surface area contributed by atoms with E-state index in [1.54, 1.807) is 0 Å². The molecule has 33 heavy (non-hydrogen) atoms. The molecule has 1 heterocycles. The maximum atomic E-state index is 12.4. The molecular weight excluding hydrogens is 434 g/mol. The quantitative estimate of drug-likeness (QED) is 0.302. The van der Waals surface area contributed by atoms with Crippen LogP contribution < -0.4 is 10.1 Å². The van der Waals surface area contributed by atoms with Gasteiger partial charge < -0.3 is 14.6 Å². The maximum Gasteiger partial charge on any atom is 0.251 e. The number of aromatic nitrogens is 2. The highest BCUT2D eigenvalue weighted by atomic mass is 35.5. The Morgan fingerprint density at radius 3 is 2.61 bits per heavy atom. The Morgan fingerprint density at radius 2 is 1.76 bits per heavy atom. The van der Waals surface area contributed by atoms with Crippen LogP contribution in [0.2, 0.25) is 5.02 Å². The number of benzene rings is 3. The molecule has 0 radical (unpaired) electrons. The Balaban J connectivity index is 1.34. The van der Waals surface area contributed by atoms with Crippen molar-refractivity contribution in [1.82, 2.24) is 14.9 Å². The summed E-state index contributed by atoms with van der Waals surface area (Å²) in [6.45, 7) is 3.93. The molecule has 0 aliphatic carbocycles. The SMILES string of the molecule is Cc1ccccc1C(=O)NCCCc1nc2ccccc2n1CCCOc1ccccc1Cl. The molecule has 1 N–H and O–H groups in total. The van der Waals surface area contributed by atoms with Crippen molar-refractivity contribution in [1.29, 1.82) is 0 Å². The predicted molar refractivity (Wildman–Crippen MR) is 133 cm³/mol. The smallest absolute Gasteiger partial charge is 0.251 e. The van der Waals surface area contributed by atoms with Gasteiger partial charge in [-0.3, -0.25) is 4.79 Å². The molecule has 170 valence electrons. The highest BCUT2D eigenvalue weighted by molar-refractivity contribution is 6.32. The number of rotatable bonds is 10. The van der Waals surface area contributed by atoms with Crippen molar-refractivity contribution < 1.29 is 9.53 Å². The Hall–Kier alpha value is -3.31. The number of para-hydroxylation sites is 3. The molecule has 0 atom stereocenters. The van der Waals surface area contributed by atoms with Gasteiger partial charge in [0.15, 0.2) is 0 Å². The van der Waals surface area contributed by atoms with Gasteiger partial charge in [-0.25, -0.2) is 4.98 Å². The summed E-state index contributed by atoms with van der Waals surface area (Å²) in [7, 11) is 0. The van der Waals surface area contributed by atoms with Gasteiger partial charge in [-0.2, -0.15) is 0 Å². The monoisotopic (exact) mass is 461 g/mol. The van der Waals surface area contributed by atoms with Crippen molar-refractivity contribution in [2.24, 2.45) is 0 Å². The third-order valence-corrected chi connectivity index (χ3v) is 5.92. The van der Waals surface area contributed by atoms with Crippen LogP contribution >= 0.6 is 11.6 Å². The van der Waals surface area contributed by atoms with Crippen LogP contribution in [0.3, 0.4) is 0 Å². The topological polar surface area (TPSA) is 56.2 Å². The zero-order chi connectivity index (χ0) is 23.0. The van der Waals surface area contributed by atoms with Gasteiger partial charge in [0.1, 0.15) is 11.6 Å². The lowest BCUT2D eigenvalue weighted by atomic mass is 10.1. The van der Waals surface area contributed by atoms with Crippen molar-refractivity contribution in [2.75, 3.05) is 13.2 Å². The van der Waals surface area contributed by atoms with Gasteiger partial charge >= 0.3 is 0 Å². The van der Waals surface area contributed by atoms with Crippen LogP contribution in [0, 0.1) is 6.92 Å². The molecule has 0 aliphatic rings. The molecule has 4 rings (SSSR count). The van der Waals surface area contributed by atoms with Crippen molar-refractivity contribution in [3.05, 3.63) is 94.8 Å². The zero-order valence-electron chi connectivity index (χ0n) is 18.8. The second kappa shape index (κ2) is 11.0. The second-order valence-corrected chi connectivity index (χ2v) is 8.38. The lowest BCUT2D eigenvalue weighted by Crippen LogP contribution is -2.25. The summed E-state index contributed by atoms with van der Waals surface area (Å²) in [5.74, 6) is 1.71. The average molecular weight is 462 g/mol. The van der Waals surface area contributed by atoms with Crippen LogP contribution in [0.5, 0.6) is 5.75 Å². The molecule has 1 amide bonds. The van der Waals surface area contributed by atoms with Crippen molar-refractivity contribution in [3.8, 4) is 5.75 Å². The summed E-state index contributed by atoms with van der Waals surface area (Å²) in [6, 6.07) is 23.3. The number of ether oxygens (including phenoxy) is 1. The van der Waals surface area contributed by atoms with E-state index >= 15 is 0 Å². The van der Waals surface area contributed by atoms with Gasteiger partial charge in [-0.15, -0.1) is 0 Å². The molecule has 0 saturated heterocycles. The van der Waals surface area contributed by atoms with Gasteiger partial charge in [0, 0.05) is 25.1 Å². The van der Waals surface area contributed by atoms with E-state index in [0.717, 1.165) is 53.8 Å². The summed E-state index contributed by atoms with van der Waals surface area (Å²) in [6.07, 6.45) is 2.44. The summed E-state index contributed by atoms with van der Waals surface area (Å²) < 4.78 is 8.11. The number of halogens is 1. The van der Waals surface area contributed by atoms with Crippen LogP contribution in [0.15, 0.2) is 72.8 Å². The Kier molecular flexibility index (Phi) is 7.63. The molecule has 0 spiro atoms. The number of aryl methyl sites for hydroxylation is 3. The average Bonchev–Trinajstić information content (AvgIpc) is 3.18. The summed E-state index contributed by atoms with van der Waals surface area (Å²) >= 11 is 6.18. The maximum absolute atomic E-state index is 12.4. The molecule has 0 bridgehead atoms. The van der Waals surface area contributed by atoms with E-state index in [2.05, 4.69) is 16.0 Å². The second-order valence-electron chi connectivity index (χ2n) is 7.98. The Labute approximate surface area is 199 Å². The van der Waals surface area contributed by atoms with Crippen molar-refractivity contribution in [2.45, 2.75) is 32.7 Å². The summed E-state index contributed by atoms with van der Waals surface area (Å²) in [5.41, 5.74) is 3.82. The van der Waals surface area contributed by atoms with E-state index in [1.165, 1.54) is 0 Å². The number of fused-ring (bicyclic) bond motifs is 1. The molecule has 6 heteroatoms. The molecule has 0 aliphatic heterocycles. The fraction of sp³-hybridized carbons (Fsp3) is 0.259. The highest BCUT2D eigenvalue weighted by Crippen LogP contribution is 2.23. The third-order valence-electron chi connectivity index (χ3n) is 5.61. The minimum Gasteiger partial charge on any atom is -0.492 e. The Morgan fingerprint density at radius 1 is 1.00 bits per heavy atom. The van der Waals surface area contributed by atoms with E-state index in [9.17, 15) is 4.79 Å². The number of carbonyl (C=O) groups is 1. The lowest BCUT2D eigenvalue weighted by molar-refractivity contribution is 0.0952. The molecule has 0 fully saturated rings. The van der Waals surface area contributed by atoms with E-state index in [1.807, 2.05) is 73.7 Å². The van der Waals surface area contributed by atoms with E-state index in [0.29, 0.717) is 23.9 Å². The van der Waals surface area contributed by atoms with Gasteiger partial charge in [0.2, 0.25) is 0 Å². The minimum atomic E-state index is -0.0293. The largest absolute Gasteiger partial charge is 0.492 e. The van der Waals surface area contributed by atoms with Crippen LogP contribution in [0.1, 0.15) is 34.6 Å². The number of nitrogens with one attached hydrogen (secondary N) is 1. The van der Waals surface area contributed by atoms with E-state index in [4.69, 9.17) is 21.3 Å². The number of imidazole rings is 1. The number of amides is 1. The zero-order valence-corrected chi connectivity index (χ0v) is 19.5. The molecular formula is C27H28ClN3O2.